The van der Waals surface area contributed by atoms with Crippen molar-refractivity contribution in [2.24, 2.45) is 0 Å². The monoisotopic (exact) mass is 460 g/mol. The van der Waals surface area contributed by atoms with Crippen molar-refractivity contribution in [1.82, 2.24) is 0 Å². The first-order valence-corrected chi connectivity index (χ1v) is 9.88. The van der Waals surface area contributed by atoms with E-state index in [1.54, 1.807) is 0 Å². The van der Waals surface area contributed by atoms with Crippen molar-refractivity contribution in [3.05, 3.63) is 132 Å². The molecule has 3 heteroatoms. The molecule has 0 aromatic heterocycles. The molecule has 0 heterocycles. The molecular weight excluding hydrogens is 439 g/mol. The summed E-state index contributed by atoms with van der Waals surface area (Å²) >= 11 is 0. The van der Waals surface area contributed by atoms with Gasteiger partial charge in [0.1, 0.15) is 0 Å². The summed E-state index contributed by atoms with van der Waals surface area (Å²) in [4.78, 5) is 14.0. The van der Waals surface area contributed by atoms with Crippen LogP contribution in [0.3, 0.4) is 0 Å². The van der Waals surface area contributed by atoms with Crippen LogP contribution in [0.1, 0.15) is 21.5 Å². The lowest BCUT2D eigenvalue weighted by molar-refractivity contribution is 0.0959. The molecule has 4 aromatic rings. The average molecular weight is 461 g/mol. The molecule has 4 rings (SSSR count). The minimum Gasteiger partial charge on any atom is -0.292 e. The lowest BCUT2D eigenvalue weighted by atomic mass is 9.81. The Bertz CT molecular complexity index is 1040. The van der Waals surface area contributed by atoms with Gasteiger partial charge in [-0.05, 0) is 22.3 Å². The zero-order valence-electron chi connectivity index (χ0n) is 15.9. The maximum absolute atomic E-state index is 14.0. The minimum atomic E-state index is -0.854. The van der Waals surface area contributed by atoms with E-state index in [9.17, 15) is 4.79 Å². The van der Waals surface area contributed by atoms with Gasteiger partial charge in [-0.3, -0.25) is 4.79 Å². The number of carbonyl (C=O) groups is 1. The van der Waals surface area contributed by atoms with Crippen molar-refractivity contribution in [2.45, 2.75) is 5.16 Å². The van der Waals surface area contributed by atoms with Crippen LogP contribution in [0.5, 0.6) is 0 Å². The number of Topliss-reactive ketones (excluding diaryl/α,β-unsaturated/α-hetero) is 1. The number of ketones is 1. The second-order valence-corrected chi connectivity index (χ2v) is 7.65. The second kappa shape index (κ2) is 9.31. The van der Waals surface area contributed by atoms with Gasteiger partial charge in [-0.25, -0.2) is 0 Å². The Morgan fingerprint density at radius 1 is 0.586 bits per heavy atom. The summed E-state index contributed by atoms with van der Waals surface area (Å²) in [5.74, 6) is 0.0642. The smallest absolute Gasteiger partial charge is 0.182 e. The topological polar surface area (TPSA) is 17.1 Å². The van der Waals surface area contributed by atoms with Gasteiger partial charge in [-0.2, -0.15) is 0 Å². The summed E-state index contributed by atoms with van der Waals surface area (Å²) < 4.78 is 0. The van der Waals surface area contributed by atoms with Crippen LogP contribution in [0.4, 0.5) is 0 Å². The van der Waals surface area contributed by atoms with E-state index in [4.69, 9.17) is 0 Å². The molecule has 0 saturated carbocycles. The first-order valence-electron chi connectivity index (χ1n) is 9.30. The molecule has 0 fully saturated rings. The molecule has 1 unspecified atom stereocenters. The van der Waals surface area contributed by atoms with Crippen LogP contribution in [0.2, 0.25) is 0 Å². The number of halogens is 1. The molecule has 144 valence electrons. The Morgan fingerprint density at radius 3 is 1.52 bits per heavy atom. The van der Waals surface area contributed by atoms with Gasteiger partial charge in [0.25, 0.3) is 0 Å². The number of hydrogen-bond donors (Lipinski definition) is 0. The maximum Gasteiger partial charge on any atom is 0.182 e. The van der Waals surface area contributed by atoms with Crippen LogP contribution >= 0.6 is 26.2 Å². The molecular formula is C26H22BrOP. The molecule has 0 spiro atoms. The second-order valence-electron chi connectivity index (χ2n) is 6.78. The normalized spacial score (nSPS) is 10.8. The molecule has 29 heavy (non-hydrogen) atoms. The van der Waals surface area contributed by atoms with Crippen molar-refractivity contribution < 1.29 is 4.79 Å². The van der Waals surface area contributed by atoms with Crippen LogP contribution in [0, 0.1) is 0 Å². The van der Waals surface area contributed by atoms with Crippen molar-refractivity contribution in [1.29, 1.82) is 0 Å². The molecule has 0 amide bonds. The van der Waals surface area contributed by atoms with Crippen LogP contribution < -0.4 is 0 Å². The van der Waals surface area contributed by atoms with Gasteiger partial charge in [0.15, 0.2) is 5.78 Å². The van der Waals surface area contributed by atoms with Crippen molar-refractivity contribution in [2.75, 3.05) is 0 Å². The fraction of sp³-hybridized carbons (Fsp3) is 0.0385. The van der Waals surface area contributed by atoms with Gasteiger partial charge < -0.3 is 0 Å². The third kappa shape index (κ3) is 4.10. The molecule has 1 atom stereocenters. The fourth-order valence-electron chi connectivity index (χ4n) is 3.59. The summed E-state index contributed by atoms with van der Waals surface area (Å²) in [6.45, 7) is 0. The predicted octanol–water partition coefficient (Wildman–Crippen LogP) is 6.93. The summed E-state index contributed by atoms with van der Waals surface area (Å²) in [6.07, 6.45) is 0. The number of rotatable bonds is 5. The third-order valence-corrected chi connectivity index (χ3v) is 6.00. The van der Waals surface area contributed by atoms with Crippen LogP contribution in [-0.2, 0) is 5.16 Å². The zero-order valence-corrected chi connectivity index (χ0v) is 18.7. The molecule has 0 radical (unpaired) electrons. The highest BCUT2D eigenvalue weighted by molar-refractivity contribution is 8.93. The van der Waals surface area contributed by atoms with Crippen molar-refractivity contribution in [3.8, 4) is 11.1 Å². The van der Waals surface area contributed by atoms with E-state index in [0.717, 1.165) is 27.8 Å². The van der Waals surface area contributed by atoms with Gasteiger partial charge in [0.2, 0.25) is 0 Å². The SMILES string of the molecule is Br.O=C(c1ccccc1-c1ccccc1)C(P)(c1ccccc1)c1ccccc1. The Hall–Kier alpha value is -2.54. The predicted molar refractivity (Wildman–Crippen MR) is 130 cm³/mol. The Labute approximate surface area is 184 Å². The first kappa shape index (κ1) is 21.2. The number of carbonyl (C=O) groups excluding carboxylic acids is 1. The number of benzene rings is 4. The Morgan fingerprint density at radius 2 is 1.00 bits per heavy atom. The standard InChI is InChI=1S/C26H21OP.BrH/c27-25(24-19-11-10-18-23(24)20-12-4-1-5-13-20)26(28,21-14-6-2-7-15-21)22-16-8-3-9-17-22;/h1-19H,28H2;1H. The van der Waals surface area contributed by atoms with E-state index >= 15 is 0 Å². The zero-order chi connectivity index (χ0) is 19.4. The van der Waals surface area contributed by atoms with Gasteiger partial charge in [-0.1, -0.05) is 115 Å². The third-order valence-electron chi connectivity index (χ3n) is 5.07. The van der Waals surface area contributed by atoms with E-state index in [2.05, 4.69) is 9.24 Å². The highest BCUT2D eigenvalue weighted by Gasteiger charge is 2.38. The molecule has 0 saturated heterocycles. The minimum absolute atomic E-state index is 0. The molecule has 0 N–H and O–H groups in total. The summed E-state index contributed by atoms with van der Waals surface area (Å²) in [5.41, 5.74) is 4.63. The highest BCUT2D eigenvalue weighted by atomic mass is 79.9. The summed E-state index contributed by atoms with van der Waals surface area (Å²) in [6, 6.07) is 37.9. The lowest BCUT2D eigenvalue weighted by Crippen LogP contribution is -2.31. The van der Waals surface area contributed by atoms with Gasteiger partial charge in [-0.15, -0.1) is 26.2 Å². The average Bonchev–Trinajstić information content (AvgIpc) is 2.80. The highest BCUT2D eigenvalue weighted by Crippen LogP contribution is 2.43. The van der Waals surface area contributed by atoms with Gasteiger partial charge in [0, 0.05) is 5.56 Å². The van der Waals surface area contributed by atoms with Gasteiger partial charge >= 0.3 is 0 Å². The molecule has 4 aromatic carbocycles. The largest absolute Gasteiger partial charge is 0.292 e. The maximum atomic E-state index is 14.0. The van der Waals surface area contributed by atoms with Crippen LogP contribution in [0.25, 0.3) is 11.1 Å². The van der Waals surface area contributed by atoms with E-state index in [1.165, 1.54) is 0 Å². The molecule has 0 bridgehead atoms. The molecule has 1 nitrogen and oxygen atoms in total. The Kier molecular flexibility index (Phi) is 6.79. The Balaban J connectivity index is 0.00000240. The molecule has 0 aliphatic rings. The number of hydrogen-bond acceptors (Lipinski definition) is 1. The van der Waals surface area contributed by atoms with E-state index in [-0.39, 0.29) is 22.8 Å². The molecule has 0 aliphatic carbocycles. The van der Waals surface area contributed by atoms with E-state index in [1.807, 2.05) is 115 Å². The van der Waals surface area contributed by atoms with Crippen LogP contribution in [-0.4, -0.2) is 5.78 Å². The van der Waals surface area contributed by atoms with Crippen molar-refractivity contribution in [3.63, 3.8) is 0 Å². The van der Waals surface area contributed by atoms with E-state index in [0.29, 0.717) is 0 Å². The fourth-order valence-corrected chi connectivity index (χ4v) is 4.13. The van der Waals surface area contributed by atoms with E-state index < -0.39 is 5.16 Å². The van der Waals surface area contributed by atoms with Crippen molar-refractivity contribution >= 4 is 32.0 Å². The lowest BCUT2D eigenvalue weighted by Gasteiger charge is -2.30. The van der Waals surface area contributed by atoms with Gasteiger partial charge in [0.05, 0.1) is 5.16 Å². The summed E-state index contributed by atoms with van der Waals surface area (Å²) in [5, 5.41) is -0.854. The summed E-state index contributed by atoms with van der Waals surface area (Å²) in [7, 11) is 2.84. The first-order chi connectivity index (χ1) is 13.7. The molecule has 0 aliphatic heterocycles. The quantitative estimate of drug-likeness (QED) is 0.233. The van der Waals surface area contributed by atoms with Crippen LogP contribution in [0.15, 0.2) is 115 Å².